The molecule has 0 unspecified atom stereocenters. The number of anilines is 1. The molecule has 0 spiro atoms. The first-order valence-electron chi connectivity index (χ1n) is 10.0. The standard InChI is InChI=1S/C24H23N5O2/c1-2-22(30)28-17-12-18(13-17)29-24-21(14-26-15-27-24)23(25)16-8-10-20(11-9-16)31-19-6-4-3-5-7-19/h2-11,14-15,17-18,25H,1,12-13H2,(H,28,30)(H,26,27,29). The molecule has 4 rings (SSSR count). The molecule has 1 fully saturated rings. The fourth-order valence-electron chi connectivity index (χ4n) is 3.40. The van der Waals surface area contributed by atoms with Crippen molar-refractivity contribution in [2.75, 3.05) is 5.32 Å². The lowest BCUT2D eigenvalue weighted by molar-refractivity contribution is -0.117. The second-order valence-corrected chi connectivity index (χ2v) is 7.32. The molecule has 156 valence electrons. The van der Waals surface area contributed by atoms with Crippen molar-refractivity contribution in [1.29, 1.82) is 5.41 Å². The Bertz CT molecular complexity index is 1080. The number of carbonyl (C=O) groups is 1. The molecule has 3 N–H and O–H groups in total. The predicted octanol–water partition coefficient (Wildman–Crippen LogP) is 3.93. The van der Waals surface area contributed by atoms with Gasteiger partial charge in [-0.25, -0.2) is 9.97 Å². The Kier molecular flexibility index (Phi) is 6.03. The first kappa shape index (κ1) is 20.3. The fraction of sp³-hybridized carbons (Fsp3) is 0.167. The molecule has 31 heavy (non-hydrogen) atoms. The van der Waals surface area contributed by atoms with E-state index in [0.29, 0.717) is 22.8 Å². The molecule has 1 saturated carbocycles. The van der Waals surface area contributed by atoms with Crippen LogP contribution in [0.4, 0.5) is 5.82 Å². The van der Waals surface area contributed by atoms with Crippen LogP contribution in [0.2, 0.25) is 0 Å². The van der Waals surface area contributed by atoms with Crippen molar-refractivity contribution in [2.24, 2.45) is 0 Å². The van der Waals surface area contributed by atoms with Gasteiger partial charge in [0.15, 0.2) is 0 Å². The zero-order chi connectivity index (χ0) is 21.6. The minimum absolute atomic E-state index is 0.130. The number of hydrogen-bond donors (Lipinski definition) is 3. The molecular formula is C24H23N5O2. The quantitative estimate of drug-likeness (QED) is 0.384. The smallest absolute Gasteiger partial charge is 0.243 e. The van der Waals surface area contributed by atoms with Crippen molar-refractivity contribution in [3.05, 3.63) is 90.9 Å². The minimum Gasteiger partial charge on any atom is -0.457 e. The third-order valence-corrected chi connectivity index (χ3v) is 5.11. The highest BCUT2D eigenvalue weighted by molar-refractivity contribution is 6.13. The highest BCUT2D eigenvalue weighted by Gasteiger charge is 2.30. The molecule has 1 heterocycles. The number of nitrogens with zero attached hydrogens (tertiary/aromatic N) is 2. The maximum absolute atomic E-state index is 11.4. The van der Waals surface area contributed by atoms with Crippen LogP contribution in [-0.4, -0.2) is 33.7 Å². The van der Waals surface area contributed by atoms with Crippen LogP contribution >= 0.6 is 0 Å². The number of aromatic nitrogens is 2. The van der Waals surface area contributed by atoms with E-state index in [1.165, 1.54) is 12.4 Å². The van der Waals surface area contributed by atoms with E-state index < -0.39 is 0 Å². The Morgan fingerprint density at radius 2 is 1.77 bits per heavy atom. The van der Waals surface area contributed by atoms with Gasteiger partial charge in [0.05, 0.1) is 11.3 Å². The van der Waals surface area contributed by atoms with Gasteiger partial charge in [-0.05, 0) is 55.3 Å². The van der Waals surface area contributed by atoms with E-state index >= 15 is 0 Å². The molecule has 7 nitrogen and oxygen atoms in total. The number of nitrogens with one attached hydrogen (secondary N) is 3. The van der Waals surface area contributed by atoms with Gasteiger partial charge in [-0.2, -0.15) is 0 Å². The van der Waals surface area contributed by atoms with Crippen LogP contribution in [0.1, 0.15) is 24.0 Å². The fourth-order valence-corrected chi connectivity index (χ4v) is 3.40. The largest absolute Gasteiger partial charge is 0.457 e. The van der Waals surface area contributed by atoms with Gasteiger partial charge >= 0.3 is 0 Å². The Labute approximate surface area is 180 Å². The highest BCUT2D eigenvalue weighted by Crippen LogP contribution is 2.27. The lowest BCUT2D eigenvalue weighted by Gasteiger charge is -2.36. The van der Waals surface area contributed by atoms with Crippen LogP contribution in [0, 0.1) is 5.41 Å². The molecule has 1 aromatic heterocycles. The Morgan fingerprint density at radius 1 is 1.06 bits per heavy atom. The number of amides is 1. The number of carbonyl (C=O) groups excluding carboxylic acids is 1. The zero-order valence-corrected chi connectivity index (χ0v) is 16.9. The molecule has 1 aliphatic carbocycles. The summed E-state index contributed by atoms with van der Waals surface area (Å²) >= 11 is 0. The molecule has 1 aliphatic rings. The van der Waals surface area contributed by atoms with E-state index in [9.17, 15) is 4.79 Å². The van der Waals surface area contributed by atoms with Gasteiger partial charge in [-0.15, -0.1) is 0 Å². The molecule has 0 radical (unpaired) electrons. The third kappa shape index (κ3) is 4.95. The first-order valence-corrected chi connectivity index (χ1v) is 10.0. The normalized spacial score (nSPS) is 17.2. The van der Waals surface area contributed by atoms with Crippen LogP contribution < -0.4 is 15.4 Å². The van der Waals surface area contributed by atoms with Crippen LogP contribution in [0.15, 0.2) is 79.8 Å². The van der Waals surface area contributed by atoms with Gasteiger partial charge in [-0.1, -0.05) is 24.8 Å². The molecule has 0 saturated heterocycles. The summed E-state index contributed by atoms with van der Waals surface area (Å²) in [7, 11) is 0. The van der Waals surface area contributed by atoms with Crippen LogP contribution in [0.25, 0.3) is 0 Å². The summed E-state index contributed by atoms with van der Waals surface area (Å²) in [4.78, 5) is 19.8. The van der Waals surface area contributed by atoms with Gasteiger partial charge in [-0.3, -0.25) is 10.2 Å². The maximum Gasteiger partial charge on any atom is 0.243 e. The van der Waals surface area contributed by atoms with Gasteiger partial charge < -0.3 is 15.4 Å². The molecule has 3 aromatic rings. The molecule has 7 heteroatoms. The topological polar surface area (TPSA) is 100.0 Å². The lowest BCUT2D eigenvalue weighted by Crippen LogP contribution is -2.49. The van der Waals surface area contributed by atoms with E-state index in [0.717, 1.165) is 24.2 Å². The average molecular weight is 413 g/mol. The van der Waals surface area contributed by atoms with Crippen molar-refractivity contribution < 1.29 is 9.53 Å². The second kappa shape index (κ2) is 9.21. The van der Waals surface area contributed by atoms with E-state index in [4.69, 9.17) is 10.1 Å². The SMILES string of the molecule is C=CC(=O)NC1CC(Nc2ncncc2C(=N)c2ccc(Oc3ccccc3)cc2)C1. The van der Waals surface area contributed by atoms with Crippen LogP contribution in [0.5, 0.6) is 11.5 Å². The number of para-hydroxylation sites is 1. The van der Waals surface area contributed by atoms with Crippen molar-refractivity contribution >= 4 is 17.4 Å². The van der Waals surface area contributed by atoms with Crippen molar-refractivity contribution in [1.82, 2.24) is 15.3 Å². The third-order valence-electron chi connectivity index (χ3n) is 5.11. The maximum atomic E-state index is 11.4. The molecule has 0 bridgehead atoms. The van der Waals surface area contributed by atoms with Gasteiger partial charge in [0.2, 0.25) is 5.91 Å². The van der Waals surface area contributed by atoms with Crippen molar-refractivity contribution in [2.45, 2.75) is 24.9 Å². The van der Waals surface area contributed by atoms with Gasteiger partial charge in [0, 0.05) is 23.8 Å². The summed E-state index contributed by atoms with van der Waals surface area (Å²) in [6.07, 6.45) is 5.97. The summed E-state index contributed by atoms with van der Waals surface area (Å²) in [5, 5.41) is 14.9. The zero-order valence-electron chi connectivity index (χ0n) is 16.9. The van der Waals surface area contributed by atoms with Crippen LogP contribution in [0.3, 0.4) is 0 Å². The van der Waals surface area contributed by atoms with E-state index in [-0.39, 0.29) is 18.0 Å². The van der Waals surface area contributed by atoms with Crippen LogP contribution in [-0.2, 0) is 4.79 Å². The minimum atomic E-state index is -0.160. The highest BCUT2D eigenvalue weighted by atomic mass is 16.5. The Hall–Kier alpha value is -4.00. The predicted molar refractivity (Wildman–Crippen MR) is 120 cm³/mol. The molecular weight excluding hydrogens is 390 g/mol. The van der Waals surface area contributed by atoms with Crippen molar-refractivity contribution in [3.63, 3.8) is 0 Å². The number of rotatable bonds is 8. The van der Waals surface area contributed by atoms with Gasteiger partial charge in [0.25, 0.3) is 0 Å². The van der Waals surface area contributed by atoms with Gasteiger partial charge in [0.1, 0.15) is 23.6 Å². The molecule has 0 atom stereocenters. The second-order valence-electron chi connectivity index (χ2n) is 7.32. The number of ether oxygens (including phenoxy) is 1. The monoisotopic (exact) mass is 413 g/mol. The van der Waals surface area contributed by atoms with Crippen molar-refractivity contribution in [3.8, 4) is 11.5 Å². The molecule has 1 amide bonds. The summed E-state index contributed by atoms with van der Waals surface area (Å²) < 4.78 is 5.82. The summed E-state index contributed by atoms with van der Waals surface area (Å²) in [5.41, 5.74) is 1.69. The summed E-state index contributed by atoms with van der Waals surface area (Å²) in [6, 6.07) is 17.2. The van der Waals surface area contributed by atoms with E-state index in [1.807, 2.05) is 54.6 Å². The number of hydrogen-bond acceptors (Lipinski definition) is 6. The Balaban J connectivity index is 1.41. The summed E-state index contributed by atoms with van der Waals surface area (Å²) in [5.74, 6) is 1.92. The molecule has 0 aliphatic heterocycles. The van der Waals surface area contributed by atoms with E-state index in [1.54, 1.807) is 6.20 Å². The first-order chi connectivity index (χ1) is 15.1. The average Bonchev–Trinajstić information content (AvgIpc) is 2.78. The number of benzene rings is 2. The Morgan fingerprint density at radius 3 is 2.48 bits per heavy atom. The summed E-state index contributed by atoms with van der Waals surface area (Å²) in [6.45, 7) is 3.47. The van der Waals surface area contributed by atoms with E-state index in [2.05, 4.69) is 27.2 Å². The molecule has 2 aromatic carbocycles. The lowest BCUT2D eigenvalue weighted by atomic mass is 9.86.